The molecule has 1 atom stereocenters. The van der Waals surface area contributed by atoms with E-state index >= 15 is 0 Å². The molecule has 1 aliphatic rings. The van der Waals surface area contributed by atoms with Gasteiger partial charge in [0.1, 0.15) is 0 Å². The fraction of sp³-hybridized carbons (Fsp3) is 0.938. The molecule has 1 unspecified atom stereocenters. The largest absolute Gasteiger partial charge is 0.360 e. The number of rotatable bonds is 8. The molecular formula is C16H32N2S. The van der Waals surface area contributed by atoms with Crippen LogP contribution in [0, 0.1) is 5.92 Å². The zero-order valence-electron chi connectivity index (χ0n) is 13.3. The monoisotopic (exact) mass is 284 g/mol. The number of thioether (sulfide) groups is 1. The molecule has 0 radical (unpaired) electrons. The topological polar surface area (TPSA) is 24.4 Å². The summed E-state index contributed by atoms with van der Waals surface area (Å²) in [5, 5.41) is 4.79. The molecule has 1 aliphatic heterocycles. The van der Waals surface area contributed by atoms with Crippen molar-refractivity contribution in [2.75, 3.05) is 12.3 Å². The van der Waals surface area contributed by atoms with Crippen molar-refractivity contribution in [1.29, 1.82) is 0 Å². The first-order chi connectivity index (χ1) is 9.06. The summed E-state index contributed by atoms with van der Waals surface area (Å²) in [6, 6.07) is 0. The van der Waals surface area contributed by atoms with E-state index in [4.69, 9.17) is 4.99 Å². The third-order valence-corrected chi connectivity index (χ3v) is 4.94. The number of hydrogen-bond acceptors (Lipinski definition) is 2. The highest BCUT2D eigenvalue weighted by Crippen LogP contribution is 2.24. The van der Waals surface area contributed by atoms with Gasteiger partial charge in [-0.15, -0.1) is 0 Å². The Labute approximate surface area is 124 Å². The second kappa shape index (κ2) is 8.89. The van der Waals surface area contributed by atoms with Gasteiger partial charge in [-0.3, -0.25) is 4.99 Å². The van der Waals surface area contributed by atoms with E-state index < -0.39 is 0 Å². The molecule has 0 aromatic heterocycles. The van der Waals surface area contributed by atoms with Crippen LogP contribution in [-0.2, 0) is 0 Å². The summed E-state index contributed by atoms with van der Waals surface area (Å²) in [6.07, 6.45) is 9.14. The van der Waals surface area contributed by atoms with Crippen molar-refractivity contribution >= 4 is 16.9 Å². The molecule has 2 nitrogen and oxygen atoms in total. The van der Waals surface area contributed by atoms with Crippen molar-refractivity contribution < 1.29 is 0 Å². The van der Waals surface area contributed by atoms with Crippen LogP contribution in [0.2, 0.25) is 0 Å². The lowest BCUT2D eigenvalue weighted by molar-refractivity contribution is 0.390. The minimum absolute atomic E-state index is 0.279. The Hall–Kier alpha value is -0.180. The van der Waals surface area contributed by atoms with Crippen LogP contribution in [0.5, 0.6) is 0 Å². The van der Waals surface area contributed by atoms with Crippen LogP contribution in [0.4, 0.5) is 0 Å². The van der Waals surface area contributed by atoms with Gasteiger partial charge >= 0.3 is 0 Å². The normalized spacial score (nSPS) is 25.8. The van der Waals surface area contributed by atoms with Crippen LogP contribution in [0.3, 0.4) is 0 Å². The van der Waals surface area contributed by atoms with E-state index in [1.165, 1.54) is 55.9 Å². The fourth-order valence-electron chi connectivity index (χ4n) is 2.28. The molecule has 19 heavy (non-hydrogen) atoms. The Kier molecular flexibility index (Phi) is 7.89. The molecule has 0 bridgehead atoms. The van der Waals surface area contributed by atoms with Crippen molar-refractivity contribution in [3.05, 3.63) is 0 Å². The van der Waals surface area contributed by atoms with Crippen molar-refractivity contribution in [2.45, 2.75) is 78.2 Å². The third-order valence-electron chi connectivity index (χ3n) is 4.03. The summed E-state index contributed by atoms with van der Waals surface area (Å²) in [5.74, 6) is 2.07. The second-order valence-electron chi connectivity index (χ2n) is 6.42. The van der Waals surface area contributed by atoms with Crippen LogP contribution in [0.15, 0.2) is 4.99 Å². The van der Waals surface area contributed by atoms with Crippen molar-refractivity contribution in [3.63, 3.8) is 0 Å². The Bertz CT molecular complexity index is 276. The first kappa shape index (κ1) is 16.9. The lowest BCUT2D eigenvalue weighted by Crippen LogP contribution is -2.48. The van der Waals surface area contributed by atoms with Crippen LogP contribution >= 0.6 is 11.8 Å². The third kappa shape index (κ3) is 7.24. The molecule has 0 spiro atoms. The first-order valence-corrected chi connectivity index (χ1v) is 9.00. The molecule has 1 N–H and O–H groups in total. The van der Waals surface area contributed by atoms with Crippen LogP contribution in [-0.4, -0.2) is 23.0 Å². The summed E-state index contributed by atoms with van der Waals surface area (Å²) < 4.78 is 0. The Morgan fingerprint density at radius 3 is 2.68 bits per heavy atom. The van der Waals surface area contributed by atoms with Gasteiger partial charge in [-0.1, -0.05) is 58.2 Å². The van der Waals surface area contributed by atoms with Gasteiger partial charge in [0.25, 0.3) is 0 Å². The summed E-state index contributed by atoms with van der Waals surface area (Å²) in [5.41, 5.74) is 0.279. The van der Waals surface area contributed by atoms with Gasteiger partial charge in [-0.2, -0.15) is 0 Å². The predicted molar refractivity (Wildman–Crippen MR) is 89.1 cm³/mol. The van der Waals surface area contributed by atoms with E-state index in [1.807, 2.05) is 11.8 Å². The molecule has 0 aromatic carbocycles. The lowest BCUT2D eigenvalue weighted by Gasteiger charge is -2.35. The number of unbranched alkanes of at least 4 members (excludes halogenated alkanes) is 3. The van der Waals surface area contributed by atoms with E-state index in [0.29, 0.717) is 0 Å². The Morgan fingerprint density at radius 2 is 2.00 bits per heavy atom. The van der Waals surface area contributed by atoms with Gasteiger partial charge < -0.3 is 5.32 Å². The summed E-state index contributed by atoms with van der Waals surface area (Å²) in [4.78, 5) is 4.73. The maximum absolute atomic E-state index is 4.73. The van der Waals surface area contributed by atoms with Crippen molar-refractivity contribution in [2.24, 2.45) is 10.9 Å². The number of aliphatic imine (C=N–C) groups is 1. The van der Waals surface area contributed by atoms with E-state index in [2.05, 4.69) is 33.0 Å². The fourth-order valence-corrected chi connectivity index (χ4v) is 3.53. The number of amidine groups is 1. The smallest absolute Gasteiger partial charge is 0.156 e. The highest BCUT2D eigenvalue weighted by Gasteiger charge is 2.27. The molecule has 3 heteroatoms. The molecule has 0 aromatic rings. The zero-order valence-corrected chi connectivity index (χ0v) is 14.1. The molecule has 0 saturated carbocycles. The summed E-state index contributed by atoms with van der Waals surface area (Å²) in [7, 11) is 0. The lowest BCUT2D eigenvalue weighted by atomic mass is 9.96. The van der Waals surface area contributed by atoms with Crippen molar-refractivity contribution in [1.82, 2.24) is 5.32 Å². The second-order valence-corrected chi connectivity index (χ2v) is 7.50. The molecule has 0 amide bonds. The van der Waals surface area contributed by atoms with Crippen LogP contribution in [0.1, 0.15) is 72.6 Å². The highest BCUT2D eigenvalue weighted by molar-refractivity contribution is 8.13. The van der Waals surface area contributed by atoms with Crippen LogP contribution < -0.4 is 5.32 Å². The Morgan fingerprint density at radius 1 is 1.26 bits per heavy atom. The standard InChI is InChI=1S/C16H32N2S/c1-5-16(4)11-13-19-15(18-16)17-12-9-7-6-8-10-14(2)3/h14H,5-13H2,1-4H3,(H,17,18). The van der Waals surface area contributed by atoms with E-state index in [0.717, 1.165) is 12.5 Å². The van der Waals surface area contributed by atoms with E-state index in [-0.39, 0.29) is 5.54 Å². The highest BCUT2D eigenvalue weighted by atomic mass is 32.2. The molecule has 112 valence electrons. The molecule has 1 fully saturated rings. The molecule has 1 saturated heterocycles. The summed E-state index contributed by atoms with van der Waals surface area (Å²) in [6.45, 7) is 10.2. The average molecular weight is 285 g/mol. The molecule has 1 rings (SSSR count). The van der Waals surface area contributed by atoms with Crippen molar-refractivity contribution in [3.8, 4) is 0 Å². The van der Waals surface area contributed by atoms with Crippen LogP contribution in [0.25, 0.3) is 0 Å². The number of nitrogens with zero attached hydrogens (tertiary/aromatic N) is 1. The first-order valence-electron chi connectivity index (χ1n) is 8.01. The quantitative estimate of drug-likeness (QED) is 0.645. The van der Waals surface area contributed by atoms with E-state index in [1.54, 1.807) is 0 Å². The van der Waals surface area contributed by atoms with E-state index in [9.17, 15) is 0 Å². The molecular weight excluding hydrogens is 252 g/mol. The minimum Gasteiger partial charge on any atom is -0.360 e. The average Bonchev–Trinajstić information content (AvgIpc) is 2.37. The Balaban J connectivity index is 2.12. The van der Waals surface area contributed by atoms with Gasteiger partial charge in [-0.05, 0) is 32.1 Å². The van der Waals surface area contributed by atoms with Gasteiger partial charge in [0, 0.05) is 17.8 Å². The van der Waals surface area contributed by atoms with Gasteiger partial charge in [0.2, 0.25) is 0 Å². The predicted octanol–water partition coefficient (Wildman–Crippen LogP) is 4.84. The van der Waals surface area contributed by atoms with Gasteiger partial charge in [0.05, 0.1) is 0 Å². The van der Waals surface area contributed by atoms with Gasteiger partial charge in [0.15, 0.2) is 5.17 Å². The summed E-state index contributed by atoms with van der Waals surface area (Å²) >= 11 is 1.89. The molecule has 1 heterocycles. The number of nitrogens with one attached hydrogen (secondary N) is 1. The minimum atomic E-state index is 0.279. The maximum atomic E-state index is 4.73. The number of hydrogen-bond donors (Lipinski definition) is 1. The maximum Gasteiger partial charge on any atom is 0.156 e. The molecule has 0 aliphatic carbocycles. The zero-order chi connectivity index (χ0) is 14.1. The van der Waals surface area contributed by atoms with Gasteiger partial charge in [-0.25, -0.2) is 0 Å². The SMILES string of the molecule is CCC1(C)CCSC(=NCCCCCCC(C)C)N1.